The molecule has 0 radical (unpaired) electrons. The van der Waals surface area contributed by atoms with E-state index in [2.05, 4.69) is 27.7 Å². The van der Waals surface area contributed by atoms with E-state index in [0.29, 0.717) is 12.5 Å². The molecule has 23 heavy (non-hydrogen) atoms. The normalized spacial score (nSPS) is 26.2. The molecule has 2 amide bonds. The van der Waals surface area contributed by atoms with Crippen LogP contribution >= 0.6 is 11.3 Å². The Hall–Kier alpha value is -1.11. The summed E-state index contributed by atoms with van der Waals surface area (Å²) in [5, 5.41) is 14.9. The number of likely N-dealkylation sites (tertiary alicyclic amines) is 2. The molecule has 128 valence electrons. The minimum atomic E-state index is -0.356. The van der Waals surface area contributed by atoms with E-state index in [1.807, 2.05) is 11.3 Å². The van der Waals surface area contributed by atoms with Crippen LogP contribution in [0.3, 0.4) is 0 Å². The highest BCUT2D eigenvalue weighted by Gasteiger charge is 2.24. The first kappa shape index (κ1) is 16.7. The topological polar surface area (TPSA) is 55.8 Å². The number of aliphatic hydroxyl groups is 1. The maximum absolute atomic E-state index is 12.2. The quantitative estimate of drug-likeness (QED) is 0.885. The number of aliphatic hydroxyl groups excluding tert-OH is 1. The van der Waals surface area contributed by atoms with Crippen molar-refractivity contribution in [2.45, 2.75) is 38.3 Å². The molecule has 3 rings (SSSR count). The van der Waals surface area contributed by atoms with Gasteiger partial charge in [-0.25, -0.2) is 4.79 Å². The molecule has 2 unspecified atom stereocenters. The van der Waals surface area contributed by atoms with Gasteiger partial charge >= 0.3 is 6.03 Å². The summed E-state index contributed by atoms with van der Waals surface area (Å²) in [4.78, 5) is 17.9. The Labute approximate surface area is 142 Å². The fraction of sp³-hybridized carbons (Fsp3) is 0.706. The number of piperidine rings is 2. The maximum Gasteiger partial charge on any atom is 0.317 e. The molecular formula is C17H27N3O2S. The fourth-order valence-electron chi connectivity index (χ4n) is 3.57. The van der Waals surface area contributed by atoms with Crippen LogP contribution in [0.5, 0.6) is 0 Å². The van der Waals surface area contributed by atoms with E-state index in [4.69, 9.17) is 0 Å². The van der Waals surface area contributed by atoms with Crippen LogP contribution < -0.4 is 5.32 Å². The third-order valence-electron chi connectivity index (χ3n) is 4.79. The van der Waals surface area contributed by atoms with Crippen molar-refractivity contribution in [3.8, 4) is 0 Å². The zero-order chi connectivity index (χ0) is 16.1. The molecule has 2 aliphatic heterocycles. The number of hydrogen-bond acceptors (Lipinski definition) is 4. The van der Waals surface area contributed by atoms with Gasteiger partial charge in [0.15, 0.2) is 0 Å². The zero-order valence-corrected chi connectivity index (χ0v) is 14.4. The highest BCUT2D eigenvalue weighted by molar-refractivity contribution is 7.09. The van der Waals surface area contributed by atoms with Gasteiger partial charge < -0.3 is 15.3 Å². The molecule has 1 aromatic rings. The number of amides is 2. The van der Waals surface area contributed by atoms with Crippen molar-refractivity contribution < 1.29 is 9.90 Å². The van der Waals surface area contributed by atoms with Gasteiger partial charge in [0.05, 0.1) is 6.10 Å². The molecule has 0 spiro atoms. The largest absolute Gasteiger partial charge is 0.391 e. The number of hydrogen-bond donors (Lipinski definition) is 2. The number of urea groups is 1. The molecule has 6 heteroatoms. The van der Waals surface area contributed by atoms with Crippen molar-refractivity contribution in [1.29, 1.82) is 0 Å². The van der Waals surface area contributed by atoms with Crippen molar-refractivity contribution >= 4 is 17.4 Å². The molecule has 3 heterocycles. The molecule has 2 N–H and O–H groups in total. The first-order chi connectivity index (χ1) is 11.2. The van der Waals surface area contributed by atoms with Crippen molar-refractivity contribution in [2.75, 3.05) is 32.7 Å². The van der Waals surface area contributed by atoms with Crippen LogP contribution in [0.25, 0.3) is 0 Å². The van der Waals surface area contributed by atoms with Crippen LogP contribution in [0.15, 0.2) is 17.5 Å². The first-order valence-corrected chi connectivity index (χ1v) is 9.54. The van der Waals surface area contributed by atoms with Crippen molar-refractivity contribution in [3.63, 3.8) is 0 Å². The Balaban J connectivity index is 1.41. The van der Waals surface area contributed by atoms with Crippen LogP contribution in [0, 0.1) is 5.92 Å². The molecular weight excluding hydrogens is 310 g/mol. The summed E-state index contributed by atoms with van der Waals surface area (Å²) < 4.78 is 0. The molecule has 0 saturated carbocycles. The lowest BCUT2D eigenvalue weighted by molar-refractivity contribution is 0.0831. The summed E-state index contributed by atoms with van der Waals surface area (Å²) >= 11 is 1.81. The number of thiophene rings is 1. The van der Waals surface area contributed by atoms with E-state index in [1.54, 1.807) is 4.90 Å². The molecule has 2 aliphatic rings. The standard InChI is InChI=1S/C17H27N3O2S/c21-15-5-2-8-20(12-15)17(22)18-10-14-4-1-7-19(11-14)13-16-6-3-9-23-16/h3,6,9,14-15,21H,1-2,4-5,7-8,10-13H2,(H,18,22). The Morgan fingerprint density at radius 1 is 1.30 bits per heavy atom. The van der Waals surface area contributed by atoms with Crippen LogP contribution in [-0.2, 0) is 6.54 Å². The highest BCUT2D eigenvalue weighted by Crippen LogP contribution is 2.20. The first-order valence-electron chi connectivity index (χ1n) is 8.66. The Kier molecular flexibility index (Phi) is 5.91. The fourth-order valence-corrected chi connectivity index (χ4v) is 4.31. The average Bonchev–Trinajstić information content (AvgIpc) is 3.06. The molecule has 2 fully saturated rings. The van der Waals surface area contributed by atoms with E-state index in [1.165, 1.54) is 17.7 Å². The minimum absolute atomic E-state index is 0.0147. The number of β-amino-alcohol motifs (C(OH)–C–C–N with tert-alkyl or cyclic N) is 1. The minimum Gasteiger partial charge on any atom is -0.391 e. The van der Waals surface area contributed by atoms with E-state index < -0.39 is 0 Å². The monoisotopic (exact) mass is 337 g/mol. The van der Waals surface area contributed by atoms with E-state index in [9.17, 15) is 9.90 Å². The number of nitrogens with zero attached hydrogens (tertiary/aromatic N) is 2. The van der Waals surface area contributed by atoms with Gasteiger partial charge in [0.1, 0.15) is 0 Å². The van der Waals surface area contributed by atoms with Crippen LogP contribution in [0.1, 0.15) is 30.6 Å². The molecule has 0 aliphatic carbocycles. The van der Waals surface area contributed by atoms with E-state index >= 15 is 0 Å². The number of carbonyl (C=O) groups is 1. The van der Waals surface area contributed by atoms with Gasteiger partial charge in [-0.15, -0.1) is 11.3 Å². The second-order valence-electron chi connectivity index (χ2n) is 6.75. The highest BCUT2D eigenvalue weighted by atomic mass is 32.1. The Bertz CT molecular complexity index is 494. The van der Waals surface area contributed by atoms with Gasteiger partial charge in [0.25, 0.3) is 0 Å². The summed E-state index contributed by atoms with van der Waals surface area (Å²) in [6, 6.07) is 4.28. The second kappa shape index (κ2) is 8.13. The van der Waals surface area contributed by atoms with E-state index in [0.717, 1.165) is 45.6 Å². The predicted molar refractivity (Wildman–Crippen MR) is 92.5 cm³/mol. The lowest BCUT2D eigenvalue weighted by Crippen LogP contribution is -2.49. The van der Waals surface area contributed by atoms with Gasteiger partial charge in [0.2, 0.25) is 0 Å². The SMILES string of the molecule is O=C(NCC1CCCN(Cc2cccs2)C1)N1CCCC(O)C1. The van der Waals surface area contributed by atoms with Crippen LogP contribution in [0.4, 0.5) is 4.79 Å². The Morgan fingerprint density at radius 3 is 2.96 bits per heavy atom. The maximum atomic E-state index is 12.2. The number of carbonyl (C=O) groups excluding carboxylic acids is 1. The van der Waals surface area contributed by atoms with Gasteiger partial charge in [-0.2, -0.15) is 0 Å². The predicted octanol–water partition coefficient (Wildman–Crippen LogP) is 2.13. The number of nitrogens with one attached hydrogen (secondary N) is 1. The summed E-state index contributed by atoms with van der Waals surface area (Å²) in [5.41, 5.74) is 0. The van der Waals surface area contributed by atoms with Gasteiger partial charge in [-0.05, 0) is 49.6 Å². The average molecular weight is 337 g/mol. The van der Waals surface area contributed by atoms with Gasteiger partial charge in [0, 0.05) is 37.6 Å². The zero-order valence-electron chi connectivity index (χ0n) is 13.6. The molecule has 0 aromatic carbocycles. The molecule has 1 aromatic heterocycles. The smallest absolute Gasteiger partial charge is 0.317 e. The van der Waals surface area contributed by atoms with Gasteiger partial charge in [-0.3, -0.25) is 4.90 Å². The van der Waals surface area contributed by atoms with Gasteiger partial charge in [-0.1, -0.05) is 6.07 Å². The summed E-state index contributed by atoms with van der Waals surface area (Å²) in [6.07, 6.45) is 3.74. The molecule has 2 saturated heterocycles. The van der Waals surface area contributed by atoms with Crippen molar-refractivity contribution in [3.05, 3.63) is 22.4 Å². The third-order valence-corrected chi connectivity index (χ3v) is 5.65. The summed E-state index contributed by atoms with van der Waals surface area (Å²) in [7, 11) is 0. The third kappa shape index (κ3) is 4.93. The molecule has 0 bridgehead atoms. The number of rotatable bonds is 4. The summed E-state index contributed by atoms with van der Waals surface area (Å²) in [5.74, 6) is 0.530. The summed E-state index contributed by atoms with van der Waals surface area (Å²) in [6.45, 7) is 5.22. The second-order valence-corrected chi connectivity index (χ2v) is 7.78. The van der Waals surface area contributed by atoms with E-state index in [-0.39, 0.29) is 12.1 Å². The molecule has 2 atom stereocenters. The molecule has 5 nitrogen and oxygen atoms in total. The Morgan fingerprint density at radius 2 is 2.17 bits per heavy atom. The lowest BCUT2D eigenvalue weighted by atomic mass is 9.98. The van der Waals surface area contributed by atoms with Crippen molar-refractivity contribution in [1.82, 2.24) is 15.1 Å². The van der Waals surface area contributed by atoms with Crippen LogP contribution in [0.2, 0.25) is 0 Å². The van der Waals surface area contributed by atoms with Crippen molar-refractivity contribution in [2.24, 2.45) is 5.92 Å². The lowest BCUT2D eigenvalue weighted by Gasteiger charge is -2.34. The van der Waals surface area contributed by atoms with Crippen LogP contribution in [-0.4, -0.2) is 59.8 Å².